The van der Waals surface area contributed by atoms with E-state index in [1.54, 1.807) is 6.20 Å². The van der Waals surface area contributed by atoms with Gasteiger partial charge in [0.2, 0.25) is 0 Å². The quantitative estimate of drug-likeness (QED) is 0.299. The van der Waals surface area contributed by atoms with Gasteiger partial charge in [0.05, 0.1) is 22.2 Å². The van der Waals surface area contributed by atoms with E-state index in [1.165, 1.54) is 22.3 Å². The summed E-state index contributed by atoms with van der Waals surface area (Å²) in [4.78, 5) is 20.6. The maximum absolute atomic E-state index is 12.9. The molecule has 1 amide bonds. The Kier molecular flexibility index (Phi) is 6.32. The van der Waals surface area contributed by atoms with E-state index in [9.17, 15) is 4.79 Å². The summed E-state index contributed by atoms with van der Waals surface area (Å²) >= 11 is 0. The number of benzene rings is 2. The molecule has 1 aliphatic heterocycles. The third-order valence-corrected chi connectivity index (χ3v) is 8.11. The molecular formula is C31H32BN3O4. The lowest BCUT2D eigenvalue weighted by Crippen LogP contribution is -2.41. The minimum atomic E-state index is -0.622. The maximum Gasteiger partial charge on any atom is 0.492 e. The Labute approximate surface area is 228 Å². The Balaban J connectivity index is 1.18. The lowest BCUT2D eigenvalue weighted by molar-refractivity contribution is 0.00578. The van der Waals surface area contributed by atoms with Crippen LogP contribution in [0.1, 0.15) is 50.3 Å². The molecule has 2 aromatic carbocycles. The third-order valence-electron chi connectivity index (χ3n) is 8.11. The summed E-state index contributed by atoms with van der Waals surface area (Å²) in [6, 6.07) is 20.5. The fourth-order valence-corrected chi connectivity index (χ4v) is 5.26. The first-order valence-electron chi connectivity index (χ1n) is 13.3. The highest BCUT2D eigenvalue weighted by Crippen LogP contribution is 2.44. The Morgan fingerprint density at radius 2 is 1.67 bits per heavy atom. The Bertz CT molecular complexity index is 1510. The molecule has 7 nitrogen and oxygen atoms in total. The average molecular weight is 521 g/mol. The summed E-state index contributed by atoms with van der Waals surface area (Å²) < 4.78 is 18.4. The monoisotopic (exact) mass is 521 g/mol. The highest BCUT2D eigenvalue weighted by molar-refractivity contribution is 6.56. The van der Waals surface area contributed by atoms with Gasteiger partial charge in [-0.2, -0.15) is 0 Å². The third kappa shape index (κ3) is 4.75. The summed E-state index contributed by atoms with van der Waals surface area (Å²) in [5, 5.41) is 2.92. The molecule has 0 radical (unpaired) electrons. The fraction of sp³-hybridized carbons (Fsp3) is 0.290. The molecule has 3 heterocycles. The van der Waals surface area contributed by atoms with Crippen molar-refractivity contribution in [1.82, 2.24) is 15.3 Å². The van der Waals surface area contributed by atoms with Gasteiger partial charge in [-0.05, 0) is 73.1 Å². The van der Waals surface area contributed by atoms with Crippen molar-refractivity contribution in [1.29, 1.82) is 0 Å². The molecule has 2 aromatic heterocycles. The largest absolute Gasteiger partial charge is 0.492 e. The van der Waals surface area contributed by atoms with Crippen LogP contribution in [-0.2, 0) is 14.0 Å². The number of ether oxygens (including phenoxy) is 1. The molecule has 198 valence electrons. The van der Waals surface area contributed by atoms with E-state index >= 15 is 0 Å². The van der Waals surface area contributed by atoms with Crippen molar-refractivity contribution in [2.24, 2.45) is 0 Å². The zero-order valence-electron chi connectivity index (χ0n) is 22.7. The zero-order valence-corrected chi connectivity index (χ0v) is 22.7. The fourth-order valence-electron chi connectivity index (χ4n) is 5.26. The molecule has 0 saturated carbocycles. The van der Waals surface area contributed by atoms with E-state index in [0.29, 0.717) is 0 Å². The van der Waals surface area contributed by atoms with Crippen LogP contribution in [0.2, 0.25) is 0 Å². The minimum absolute atomic E-state index is 0.000132. The van der Waals surface area contributed by atoms with Crippen LogP contribution in [0.25, 0.3) is 28.2 Å². The number of aromatic nitrogens is 2. The van der Waals surface area contributed by atoms with Crippen molar-refractivity contribution in [2.45, 2.75) is 44.8 Å². The van der Waals surface area contributed by atoms with Crippen molar-refractivity contribution in [3.8, 4) is 11.1 Å². The number of nitrogens with zero attached hydrogens (tertiary/aromatic N) is 1. The summed E-state index contributed by atoms with van der Waals surface area (Å²) in [6.45, 7) is 8.50. The van der Waals surface area contributed by atoms with Crippen molar-refractivity contribution in [2.75, 3.05) is 13.2 Å². The number of hydrogen-bond acceptors (Lipinski definition) is 5. The second kappa shape index (κ2) is 9.70. The van der Waals surface area contributed by atoms with Crippen LogP contribution >= 0.6 is 0 Å². The van der Waals surface area contributed by atoms with E-state index in [0.717, 1.165) is 22.1 Å². The number of carbonyl (C=O) groups is 1. The van der Waals surface area contributed by atoms with Crippen LogP contribution in [0.15, 0.2) is 78.5 Å². The smallest absolute Gasteiger partial charge is 0.449 e. The number of rotatable bonds is 6. The van der Waals surface area contributed by atoms with Gasteiger partial charge in [-0.3, -0.25) is 4.98 Å². The number of hydrogen-bond donors (Lipinski definition) is 2. The van der Waals surface area contributed by atoms with E-state index in [2.05, 4.69) is 39.6 Å². The predicted octanol–water partition coefficient (Wildman–Crippen LogP) is 6.12. The molecule has 0 spiro atoms. The van der Waals surface area contributed by atoms with Gasteiger partial charge in [-0.25, -0.2) is 4.79 Å². The van der Waals surface area contributed by atoms with Crippen LogP contribution < -0.4 is 5.32 Å². The van der Waals surface area contributed by atoms with Gasteiger partial charge >= 0.3 is 13.2 Å². The van der Waals surface area contributed by atoms with Crippen molar-refractivity contribution in [3.05, 3.63) is 95.2 Å². The Morgan fingerprint density at radius 1 is 1.03 bits per heavy atom. The number of fused-ring (bicyclic) bond motifs is 4. The number of carbonyl (C=O) groups excluding carboxylic acids is 1. The van der Waals surface area contributed by atoms with Gasteiger partial charge < -0.3 is 24.3 Å². The number of nitrogens with one attached hydrogen (secondary N) is 2. The van der Waals surface area contributed by atoms with Gasteiger partial charge in [0.15, 0.2) is 0 Å². The molecule has 0 bridgehead atoms. The average Bonchev–Trinajstić information content (AvgIpc) is 3.57. The van der Waals surface area contributed by atoms with Crippen LogP contribution in [0, 0.1) is 0 Å². The SMILES string of the molecule is CC1(C)OB(C(=Cc2cnc3cc[nH]c3c2)CNC(=O)OCC2c3ccccc3-c3ccccc32)OC1(C)C. The highest BCUT2D eigenvalue weighted by atomic mass is 16.7. The molecule has 1 fully saturated rings. The highest BCUT2D eigenvalue weighted by Gasteiger charge is 2.52. The molecule has 39 heavy (non-hydrogen) atoms. The molecule has 1 saturated heterocycles. The van der Waals surface area contributed by atoms with Crippen LogP contribution in [0.3, 0.4) is 0 Å². The second-order valence-corrected chi connectivity index (χ2v) is 11.2. The predicted molar refractivity (Wildman–Crippen MR) is 153 cm³/mol. The van der Waals surface area contributed by atoms with E-state index in [-0.39, 0.29) is 19.1 Å². The standard InChI is InChI=1S/C31H32BN3O4/c1-30(2)31(3,4)39-32(38-30)21(15-20-16-28-27(34-17-20)13-14-33-28)18-35-29(36)37-19-26-24-11-7-5-9-22(24)23-10-6-8-12-25(23)26/h5-17,26,33H,18-19H2,1-4H3,(H,35,36). The molecule has 0 unspecified atom stereocenters. The summed E-state index contributed by atoms with van der Waals surface area (Å²) in [5.41, 5.74) is 7.20. The molecule has 0 atom stereocenters. The molecule has 6 rings (SSSR count). The lowest BCUT2D eigenvalue weighted by Gasteiger charge is -2.32. The lowest BCUT2D eigenvalue weighted by atomic mass is 9.77. The minimum Gasteiger partial charge on any atom is -0.449 e. The van der Waals surface area contributed by atoms with E-state index < -0.39 is 24.4 Å². The summed E-state index contributed by atoms with van der Waals surface area (Å²) in [6.07, 6.45) is 5.13. The van der Waals surface area contributed by atoms with E-state index in [1.807, 2.05) is 76.4 Å². The number of pyridine rings is 1. The van der Waals surface area contributed by atoms with Crippen LogP contribution in [0.5, 0.6) is 0 Å². The van der Waals surface area contributed by atoms with Gasteiger partial charge in [0.25, 0.3) is 0 Å². The van der Waals surface area contributed by atoms with Crippen LogP contribution in [0.4, 0.5) is 4.79 Å². The molecule has 2 N–H and O–H groups in total. The first kappa shape index (κ1) is 25.4. The topological polar surface area (TPSA) is 85.5 Å². The van der Waals surface area contributed by atoms with Gasteiger partial charge in [-0.1, -0.05) is 54.6 Å². The van der Waals surface area contributed by atoms with Crippen molar-refractivity contribution in [3.63, 3.8) is 0 Å². The zero-order chi connectivity index (χ0) is 27.2. The maximum atomic E-state index is 12.9. The molecular weight excluding hydrogens is 489 g/mol. The van der Waals surface area contributed by atoms with Crippen molar-refractivity contribution < 1.29 is 18.8 Å². The second-order valence-electron chi connectivity index (χ2n) is 11.2. The van der Waals surface area contributed by atoms with Gasteiger partial charge in [-0.15, -0.1) is 0 Å². The summed E-state index contributed by atoms with van der Waals surface area (Å²) in [7, 11) is -0.622. The van der Waals surface area contributed by atoms with Crippen LogP contribution in [-0.4, -0.2) is 47.5 Å². The first-order valence-corrected chi connectivity index (χ1v) is 13.3. The molecule has 8 heteroatoms. The number of H-pyrrole nitrogens is 1. The first-order chi connectivity index (χ1) is 18.7. The number of alkyl carbamates (subject to hydrolysis) is 1. The molecule has 2 aliphatic rings. The molecule has 4 aromatic rings. The van der Waals surface area contributed by atoms with Crippen molar-refractivity contribution >= 4 is 30.3 Å². The number of aromatic amines is 1. The molecule has 1 aliphatic carbocycles. The van der Waals surface area contributed by atoms with Gasteiger partial charge in [0.1, 0.15) is 6.61 Å². The number of amides is 1. The summed E-state index contributed by atoms with van der Waals surface area (Å²) in [5.74, 6) is -0.000132. The normalized spacial score (nSPS) is 17.7. The van der Waals surface area contributed by atoms with Gasteiger partial charge in [0, 0.05) is 24.9 Å². The Hall–Kier alpha value is -3.88. The Morgan fingerprint density at radius 3 is 2.33 bits per heavy atom. The van der Waals surface area contributed by atoms with E-state index in [4.69, 9.17) is 14.0 Å².